The summed E-state index contributed by atoms with van der Waals surface area (Å²) in [6, 6.07) is 5.71. The molecule has 1 aliphatic heterocycles. The van der Waals surface area contributed by atoms with Gasteiger partial charge in [-0.25, -0.2) is 0 Å². The maximum atomic E-state index is 12.7. The molecular weight excluding hydrogens is 394 g/mol. The van der Waals surface area contributed by atoms with E-state index < -0.39 is 0 Å². The third-order valence-corrected chi connectivity index (χ3v) is 5.58. The fourth-order valence-corrected chi connectivity index (χ4v) is 3.91. The molecule has 0 saturated carbocycles. The molecule has 2 atom stereocenters. The summed E-state index contributed by atoms with van der Waals surface area (Å²) in [6.07, 6.45) is 3.61. The number of rotatable bonds is 7. The summed E-state index contributed by atoms with van der Waals surface area (Å²) < 4.78 is 0.896. The van der Waals surface area contributed by atoms with E-state index in [1.54, 1.807) is 0 Å². The Hall–Kier alpha value is -1.40. The number of amides is 2. The molecular formula is C20H30BrN3O2. The average Bonchev–Trinajstić information content (AvgIpc) is 2.62. The minimum absolute atomic E-state index is 0.00483. The number of hydrogen-bond acceptors (Lipinski definition) is 3. The van der Waals surface area contributed by atoms with Crippen molar-refractivity contribution in [2.24, 2.45) is 5.92 Å². The monoisotopic (exact) mass is 423 g/mol. The molecule has 1 aliphatic rings. The Morgan fingerprint density at radius 2 is 2.15 bits per heavy atom. The largest absolute Gasteiger partial charge is 0.356 e. The predicted molar refractivity (Wildman–Crippen MR) is 109 cm³/mol. The first-order valence-electron chi connectivity index (χ1n) is 9.48. The average molecular weight is 424 g/mol. The van der Waals surface area contributed by atoms with Gasteiger partial charge in [0.25, 0.3) is 0 Å². The Morgan fingerprint density at radius 1 is 1.38 bits per heavy atom. The van der Waals surface area contributed by atoms with Crippen LogP contribution in [0.3, 0.4) is 0 Å². The highest BCUT2D eigenvalue weighted by Gasteiger charge is 2.27. The maximum Gasteiger partial charge on any atom is 0.241 e. The quantitative estimate of drug-likeness (QED) is 0.702. The van der Waals surface area contributed by atoms with E-state index in [0.717, 1.165) is 48.1 Å². The third-order valence-electron chi connectivity index (χ3n) is 4.92. The number of piperidine rings is 1. The minimum atomic E-state index is -0.197. The molecule has 2 rings (SSSR count). The molecule has 0 bridgehead atoms. The summed E-state index contributed by atoms with van der Waals surface area (Å²) in [4.78, 5) is 26.6. The molecule has 26 heavy (non-hydrogen) atoms. The van der Waals surface area contributed by atoms with Crippen LogP contribution in [0, 0.1) is 12.8 Å². The Bertz CT molecular complexity index is 635. The number of carbonyl (C=O) groups is 2. The lowest BCUT2D eigenvalue weighted by Crippen LogP contribution is -2.49. The predicted octanol–water partition coefficient (Wildman–Crippen LogP) is 3.71. The van der Waals surface area contributed by atoms with Crippen molar-refractivity contribution in [2.45, 2.75) is 52.5 Å². The summed E-state index contributed by atoms with van der Waals surface area (Å²) in [5.41, 5.74) is 1.94. The van der Waals surface area contributed by atoms with Gasteiger partial charge in [-0.1, -0.05) is 13.0 Å². The summed E-state index contributed by atoms with van der Waals surface area (Å²) in [6.45, 7) is 8.45. The van der Waals surface area contributed by atoms with Gasteiger partial charge in [-0.05, 0) is 79.2 Å². The lowest BCUT2D eigenvalue weighted by molar-refractivity contribution is -0.123. The highest BCUT2D eigenvalue weighted by molar-refractivity contribution is 9.10. The smallest absolute Gasteiger partial charge is 0.241 e. The number of aryl methyl sites for hydroxylation is 1. The third kappa shape index (κ3) is 6.09. The van der Waals surface area contributed by atoms with Gasteiger partial charge >= 0.3 is 0 Å². The molecule has 0 aliphatic carbocycles. The first-order valence-corrected chi connectivity index (χ1v) is 10.3. The van der Waals surface area contributed by atoms with E-state index in [2.05, 4.69) is 31.5 Å². The van der Waals surface area contributed by atoms with Crippen LogP contribution in [0.1, 0.15) is 45.1 Å². The van der Waals surface area contributed by atoms with Crippen molar-refractivity contribution in [3.05, 3.63) is 28.2 Å². The van der Waals surface area contributed by atoms with E-state index in [1.807, 2.05) is 39.0 Å². The second kappa shape index (κ2) is 10.1. The van der Waals surface area contributed by atoms with Crippen molar-refractivity contribution in [3.8, 4) is 0 Å². The van der Waals surface area contributed by atoms with Crippen molar-refractivity contribution in [1.29, 1.82) is 0 Å². The topological polar surface area (TPSA) is 61.4 Å². The van der Waals surface area contributed by atoms with Crippen LogP contribution in [-0.2, 0) is 9.59 Å². The van der Waals surface area contributed by atoms with E-state index in [1.165, 1.54) is 0 Å². The van der Waals surface area contributed by atoms with Crippen LogP contribution in [-0.4, -0.2) is 42.4 Å². The van der Waals surface area contributed by atoms with Crippen LogP contribution in [0.4, 0.5) is 5.69 Å². The molecule has 2 amide bonds. The number of carbonyl (C=O) groups excluding carboxylic acids is 2. The van der Waals surface area contributed by atoms with E-state index in [0.29, 0.717) is 18.9 Å². The summed E-state index contributed by atoms with van der Waals surface area (Å²) in [5, 5.41) is 6.04. The van der Waals surface area contributed by atoms with E-state index in [4.69, 9.17) is 0 Å². The molecule has 2 N–H and O–H groups in total. The van der Waals surface area contributed by atoms with Gasteiger partial charge in [0.1, 0.15) is 0 Å². The molecule has 2 unspecified atom stereocenters. The van der Waals surface area contributed by atoms with Crippen molar-refractivity contribution >= 4 is 33.4 Å². The zero-order chi connectivity index (χ0) is 19.1. The van der Waals surface area contributed by atoms with Crippen molar-refractivity contribution < 1.29 is 9.59 Å². The Balaban J connectivity index is 1.88. The number of nitrogens with zero attached hydrogens (tertiary/aromatic N) is 1. The molecule has 1 aromatic rings. The van der Waals surface area contributed by atoms with Crippen molar-refractivity contribution in [2.75, 3.05) is 25.0 Å². The minimum Gasteiger partial charge on any atom is -0.356 e. The molecule has 1 aromatic carbocycles. The van der Waals surface area contributed by atoms with Crippen LogP contribution < -0.4 is 10.6 Å². The Labute approximate surface area is 165 Å². The first-order chi connectivity index (χ1) is 12.4. The van der Waals surface area contributed by atoms with Gasteiger partial charge in [0.05, 0.1) is 11.7 Å². The standard InChI is InChI=1S/C20H30BrN3O2/c1-4-6-19(25)22-12-16-7-5-10-24(13-16)15(3)20(26)23-18-9-8-14(2)11-17(18)21/h8-9,11,15-16H,4-7,10,12-13H2,1-3H3,(H,22,25)(H,23,26). The van der Waals surface area contributed by atoms with Crippen LogP contribution in [0.2, 0.25) is 0 Å². The maximum absolute atomic E-state index is 12.7. The van der Waals surface area contributed by atoms with E-state index >= 15 is 0 Å². The second-order valence-corrected chi connectivity index (χ2v) is 8.06. The lowest BCUT2D eigenvalue weighted by Gasteiger charge is -2.36. The molecule has 1 fully saturated rings. The zero-order valence-corrected chi connectivity index (χ0v) is 17.6. The fourth-order valence-electron chi connectivity index (χ4n) is 3.31. The number of anilines is 1. The van der Waals surface area contributed by atoms with Gasteiger partial charge in [-0.15, -0.1) is 0 Å². The SMILES string of the molecule is CCCC(=O)NCC1CCCN(C(C)C(=O)Nc2ccc(C)cc2Br)C1. The molecule has 0 aromatic heterocycles. The van der Waals surface area contributed by atoms with Gasteiger partial charge < -0.3 is 10.6 Å². The van der Waals surface area contributed by atoms with Crippen LogP contribution in [0.5, 0.6) is 0 Å². The molecule has 144 valence electrons. The van der Waals surface area contributed by atoms with E-state index in [9.17, 15) is 9.59 Å². The number of halogens is 1. The van der Waals surface area contributed by atoms with Crippen molar-refractivity contribution in [1.82, 2.24) is 10.2 Å². The normalized spacial score (nSPS) is 19.0. The molecule has 6 heteroatoms. The molecule has 0 radical (unpaired) electrons. The number of likely N-dealkylation sites (tertiary alicyclic amines) is 1. The fraction of sp³-hybridized carbons (Fsp3) is 0.600. The summed E-state index contributed by atoms with van der Waals surface area (Å²) in [5.74, 6) is 0.538. The molecule has 0 spiro atoms. The van der Waals surface area contributed by atoms with Gasteiger partial charge in [0.15, 0.2) is 0 Å². The zero-order valence-electron chi connectivity index (χ0n) is 16.0. The Morgan fingerprint density at radius 3 is 2.85 bits per heavy atom. The van der Waals surface area contributed by atoms with Gasteiger partial charge in [-0.3, -0.25) is 14.5 Å². The van der Waals surface area contributed by atoms with Gasteiger partial charge in [-0.2, -0.15) is 0 Å². The van der Waals surface area contributed by atoms with E-state index in [-0.39, 0.29) is 17.9 Å². The van der Waals surface area contributed by atoms with Crippen LogP contribution >= 0.6 is 15.9 Å². The Kier molecular flexibility index (Phi) is 8.10. The van der Waals surface area contributed by atoms with Crippen molar-refractivity contribution in [3.63, 3.8) is 0 Å². The molecule has 1 heterocycles. The number of benzene rings is 1. The summed E-state index contributed by atoms with van der Waals surface area (Å²) >= 11 is 3.51. The highest BCUT2D eigenvalue weighted by Crippen LogP contribution is 2.24. The summed E-state index contributed by atoms with van der Waals surface area (Å²) in [7, 11) is 0. The molecule has 5 nitrogen and oxygen atoms in total. The lowest BCUT2D eigenvalue weighted by atomic mass is 9.96. The molecule has 1 saturated heterocycles. The van der Waals surface area contributed by atoms with Gasteiger partial charge in [0, 0.05) is 24.0 Å². The van der Waals surface area contributed by atoms with Crippen LogP contribution in [0.15, 0.2) is 22.7 Å². The number of hydrogen-bond donors (Lipinski definition) is 2. The first kappa shape index (κ1) is 20.9. The number of nitrogens with one attached hydrogen (secondary N) is 2. The van der Waals surface area contributed by atoms with Gasteiger partial charge in [0.2, 0.25) is 11.8 Å². The highest BCUT2D eigenvalue weighted by atomic mass is 79.9. The van der Waals surface area contributed by atoms with Crippen LogP contribution in [0.25, 0.3) is 0 Å². The second-order valence-electron chi connectivity index (χ2n) is 7.21.